The summed E-state index contributed by atoms with van der Waals surface area (Å²) in [6, 6.07) is 19.4. The number of aryl methyl sites for hydroxylation is 1. The van der Waals surface area contributed by atoms with Crippen LogP contribution in [0.4, 0.5) is 16.2 Å². The van der Waals surface area contributed by atoms with Crippen molar-refractivity contribution in [2.45, 2.75) is 38.1 Å². The van der Waals surface area contributed by atoms with Crippen molar-refractivity contribution in [1.82, 2.24) is 5.32 Å². The third-order valence-electron chi connectivity index (χ3n) is 6.72. The van der Waals surface area contributed by atoms with Gasteiger partial charge in [-0.15, -0.1) is 0 Å². The second kappa shape index (κ2) is 6.59. The molecule has 1 unspecified atom stereocenters. The second-order valence-corrected chi connectivity index (χ2v) is 8.28. The van der Waals surface area contributed by atoms with E-state index in [0.29, 0.717) is 11.5 Å². The first-order valence-electron chi connectivity index (χ1n) is 10.2. The highest BCUT2D eigenvalue weighted by Gasteiger charge is 2.56. The monoisotopic (exact) mass is 361 g/mol. The standard InChI is InChI=1S/C23H27N3O/c27-22(26-14-6-8-18-7-4-5-11-20(18)26)24-21-17-23(21)12-15-25(16-13-23)19-9-2-1-3-10-19/h1-5,7,9-11,21H,6,8,12-17H2,(H,24,27). The van der Waals surface area contributed by atoms with Crippen LogP contribution in [0.5, 0.6) is 0 Å². The van der Waals surface area contributed by atoms with Crippen LogP contribution < -0.4 is 15.1 Å². The van der Waals surface area contributed by atoms with Crippen molar-refractivity contribution < 1.29 is 4.79 Å². The molecule has 0 aromatic heterocycles. The van der Waals surface area contributed by atoms with Gasteiger partial charge >= 0.3 is 6.03 Å². The first-order valence-corrected chi connectivity index (χ1v) is 10.2. The van der Waals surface area contributed by atoms with Crippen molar-refractivity contribution in [2.24, 2.45) is 5.41 Å². The highest BCUT2D eigenvalue weighted by Crippen LogP contribution is 2.54. The Hall–Kier alpha value is -2.49. The number of urea groups is 1. The van der Waals surface area contributed by atoms with Gasteiger partial charge in [0.2, 0.25) is 0 Å². The zero-order chi connectivity index (χ0) is 18.3. The van der Waals surface area contributed by atoms with Gasteiger partial charge in [-0.3, -0.25) is 4.90 Å². The van der Waals surface area contributed by atoms with E-state index in [-0.39, 0.29) is 6.03 Å². The maximum Gasteiger partial charge on any atom is 0.322 e. The molecule has 1 saturated heterocycles. The van der Waals surface area contributed by atoms with Crippen molar-refractivity contribution >= 4 is 17.4 Å². The van der Waals surface area contributed by atoms with E-state index in [9.17, 15) is 4.79 Å². The smallest absolute Gasteiger partial charge is 0.322 e. The van der Waals surface area contributed by atoms with E-state index in [1.165, 1.54) is 24.1 Å². The van der Waals surface area contributed by atoms with Crippen molar-refractivity contribution in [2.75, 3.05) is 29.4 Å². The first kappa shape index (κ1) is 16.7. The number of piperidine rings is 1. The third kappa shape index (κ3) is 3.07. The van der Waals surface area contributed by atoms with E-state index < -0.39 is 0 Å². The first-order chi connectivity index (χ1) is 13.3. The van der Waals surface area contributed by atoms with E-state index in [1.54, 1.807) is 0 Å². The number of fused-ring (bicyclic) bond motifs is 1. The molecule has 2 aliphatic heterocycles. The van der Waals surface area contributed by atoms with E-state index in [2.05, 4.69) is 58.7 Å². The zero-order valence-electron chi connectivity index (χ0n) is 15.7. The molecular weight excluding hydrogens is 334 g/mol. The van der Waals surface area contributed by atoms with Crippen molar-refractivity contribution in [3.8, 4) is 0 Å². The molecule has 4 heteroatoms. The molecule has 2 aromatic carbocycles. The summed E-state index contributed by atoms with van der Waals surface area (Å²) in [6.45, 7) is 3.00. The summed E-state index contributed by atoms with van der Waals surface area (Å²) in [4.78, 5) is 17.4. The minimum Gasteiger partial charge on any atom is -0.371 e. The van der Waals surface area contributed by atoms with E-state index in [1.807, 2.05) is 11.0 Å². The lowest BCUT2D eigenvalue weighted by atomic mass is 9.92. The number of carbonyl (C=O) groups is 1. The van der Waals surface area contributed by atoms with Gasteiger partial charge in [-0.1, -0.05) is 36.4 Å². The lowest BCUT2D eigenvalue weighted by Gasteiger charge is -2.35. The predicted octanol–water partition coefficient (Wildman–Crippen LogP) is 4.21. The Labute approximate surface area is 161 Å². The number of hydrogen-bond acceptors (Lipinski definition) is 2. The Bertz CT molecular complexity index is 827. The molecule has 5 rings (SSSR count). The fraction of sp³-hybridized carbons (Fsp3) is 0.435. The zero-order valence-corrected chi connectivity index (χ0v) is 15.7. The fourth-order valence-corrected chi connectivity index (χ4v) is 4.92. The summed E-state index contributed by atoms with van der Waals surface area (Å²) < 4.78 is 0. The van der Waals surface area contributed by atoms with Gasteiger partial charge in [0.1, 0.15) is 0 Å². The van der Waals surface area contributed by atoms with Crippen LogP contribution in [0.3, 0.4) is 0 Å². The molecule has 2 aromatic rings. The van der Waals surface area contributed by atoms with Crippen molar-refractivity contribution in [3.05, 3.63) is 60.2 Å². The number of rotatable bonds is 2. The maximum absolute atomic E-state index is 12.9. The Morgan fingerprint density at radius 1 is 0.963 bits per heavy atom. The second-order valence-electron chi connectivity index (χ2n) is 8.28. The number of anilines is 2. The predicted molar refractivity (Wildman–Crippen MR) is 109 cm³/mol. The molecule has 2 fully saturated rings. The molecule has 1 saturated carbocycles. The van der Waals surface area contributed by atoms with Gasteiger partial charge < -0.3 is 10.2 Å². The van der Waals surface area contributed by atoms with Crippen molar-refractivity contribution in [3.63, 3.8) is 0 Å². The SMILES string of the molecule is O=C(NC1CC12CCN(c1ccccc1)CC2)N1CCCc2ccccc21. The average molecular weight is 361 g/mol. The molecule has 0 bridgehead atoms. The molecular formula is C23H27N3O. The number of benzene rings is 2. The molecule has 140 valence electrons. The normalized spacial score (nSPS) is 23.0. The molecule has 1 N–H and O–H groups in total. The lowest BCUT2D eigenvalue weighted by Crippen LogP contribution is -2.46. The average Bonchev–Trinajstić information content (AvgIpc) is 3.39. The summed E-state index contributed by atoms with van der Waals surface area (Å²) in [6.07, 6.45) is 5.60. The molecule has 1 aliphatic carbocycles. The van der Waals surface area contributed by atoms with E-state index in [4.69, 9.17) is 0 Å². The highest BCUT2D eigenvalue weighted by atomic mass is 16.2. The summed E-state index contributed by atoms with van der Waals surface area (Å²) in [5.41, 5.74) is 4.03. The van der Waals surface area contributed by atoms with Gasteiger partial charge in [0, 0.05) is 37.1 Å². The van der Waals surface area contributed by atoms with Crippen LogP contribution >= 0.6 is 0 Å². The van der Waals surface area contributed by atoms with Gasteiger partial charge in [-0.2, -0.15) is 0 Å². The Kier molecular flexibility index (Phi) is 4.07. The summed E-state index contributed by atoms with van der Waals surface area (Å²) in [5, 5.41) is 3.35. The fourth-order valence-electron chi connectivity index (χ4n) is 4.92. The van der Waals surface area contributed by atoms with Crippen LogP contribution in [0.2, 0.25) is 0 Å². The van der Waals surface area contributed by atoms with Gasteiger partial charge in [0.15, 0.2) is 0 Å². The van der Waals surface area contributed by atoms with E-state index >= 15 is 0 Å². The minimum atomic E-state index is 0.0921. The number of amides is 2. The van der Waals surface area contributed by atoms with E-state index in [0.717, 1.165) is 44.6 Å². The Morgan fingerprint density at radius 3 is 2.52 bits per heavy atom. The van der Waals surface area contributed by atoms with Gasteiger partial charge in [0.05, 0.1) is 0 Å². The molecule has 0 radical (unpaired) electrons. The Morgan fingerprint density at radius 2 is 1.70 bits per heavy atom. The van der Waals surface area contributed by atoms with Crippen LogP contribution in [-0.4, -0.2) is 31.7 Å². The largest absolute Gasteiger partial charge is 0.371 e. The van der Waals surface area contributed by atoms with Gasteiger partial charge in [0.25, 0.3) is 0 Å². The van der Waals surface area contributed by atoms with Crippen LogP contribution in [0.25, 0.3) is 0 Å². The Balaban J connectivity index is 1.20. The van der Waals surface area contributed by atoms with Crippen LogP contribution in [0.1, 0.15) is 31.2 Å². The minimum absolute atomic E-state index is 0.0921. The molecule has 2 heterocycles. The third-order valence-corrected chi connectivity index (χ3v) is 6.72. The molecule has 1 spiro atoms. The van der Waals surface area contributed by atoms with Crippen LogP contribution in [0, 0.1) is 5.41 Å². The molecule has 2 amide bonds. The van der Waals surface area contributed by atoms with Crippen LogP contribution in [-0.2, 0) is 6.42 Å². The van der Waals surface area contributed by atoms with Crippen LogP contribution in [0.15, 0.2) is 54.6 Å². The number of carbonyl (C=O) groups excluding carboxylic acids is 1. The topological polar surface area (TPSA) is 35.6 Å². The summed E-state index contributed by atoms with van der Waals surface area (Å²) in [7, 11) is 0. The molecule has 3 aliphatic rings. The molecule has 1 atom stereocenters. The summed E-state index contributed by atoms with van der Waals surface area (Å²) in [5.74, 6) is 0. The number of hydrogen-bond donors (Lipinski definition) is 1. The quantitative estimate of drug-likeness (QED) is 0.870. The maximum atomic E-state index is 12.9. The summed E-state index contributed by atoms with van der Waals surface area (Å²) >= 11 is 0. The highest BCUT2D eigenvalue weighted by molar-refractivity contribution is 5.93. The number of para-hydroxylation sites is 2. The molecule has 4 nitrogen and oxygen atoms in total. The van der Waals surface area contributed by atoms with Gasteiger partial charge in [-0.25, -0.2) is 4.79 Å². The number of nitrogens with zero attached hydrogens (tertiary/aromatic N) is 2. The number of nitrogens with one attached hydrogen (secondary N) is 1. The van der Waals surface area contributed by atoms with Gasteiger partial charge in [-0.05, 0) is 61.3 Å². The molecule has 27 heavy (non-hydrogen) atoms. The lowest BCUT2D eigenvalue weighted by molar-refractivity contribution is 0.242. The van der Waals surface area contributed by atoms with Crippen molar-refractivity contribution in [1.29, 1.82) is 0 Å².